The van der Waals surface area contributed by atoms with Crippen LogP contribution in [0.2, 0.25) is 0 Å². The van der Waals surface area contributed by atoms with E-state index in [9.17, 15) is 4.79 Å². The van der Waals surface area contributed by atoms with Gasteiger partial charge in [-0.05, 0) is 29.9 Å². The van der Waals surface area contributed by atoms with Gasteiger partial charge in [0.25, 0.3) is 0 Å². The molecule has 1 amide bonds. The Morgan fingerprint density at radius 3 is 2.62 bits per heavy atom. The van der Waals surface area contributed by atoms with Gasteiger partial charge >= 0.3 is 0 Å². The van der Waals surface area contributed by atoms with Gasteiger partial charge in [0.15, 0.2) is 0 Å². The first-order valence-electron chi connectivity index (χ1n) is 10.4. The van der Waals surface area contributed by atoms with Crippen LogP contribution in [0, 0.1) is 0 Å². The maximum absolute atomic E-state index is 12.8. The smallest absolute Gasteiger partial charge is 0.227 e. The van der Waals surface area contributed by atoms with Crippen molar-refractivity contribution < 1.29 is 9.32 Å². The van der Waals surface area contributed by atoms with Crippen molar-refractivity contribution in [2.75, 3.05) is 6.54 Å². The van der Waals surface area contributed by atoms with E-state index >= 15 is 0 Å². The summed E-state index contributed by atoms with van der Waals surface area (Å²) in [4.78, 5) is 19.3. The number of amides is 1. The number of hydrogen-bond acceptors (Lipinski definition) is 4. The van der Waals surface area contributed by atoms with Crippen LogP contribution in [-0.4, -0.2) is 27.5 Å². The lowest BCUT2D eigenvalue weighted by Crippen LogP contribution is -2.30. The molecule has 0 bridgehead atoms. The molecule has 5 nitrogen and oxygen atoms in total. The second kappa shape index (κ2) is 8.60. The molecule has 0 radical (unpaired) electrons. The zero-order chi connectivity index (χ0) is 20.2. The van der Waals surface area contributed by atoms with Crippen LogP contribution in [0.5, 0.6) is 0 Å². The molecule has 0 N–H and O–H groups in total. The molecular weight excluding hydrogens is 362 g/mol. The quantitative estimate of drug-likeness (QED) is 0.584. The molecule has 5 heteroatoms. The molecule has 150 valence electrons. The molecule has 1 unspecified atom stereocenters. The summed E-state index contributed by atoms with van der Waals surface area (Å²) < 4.78 is 5.39. The molecule has 1 aliphatic heterocycles. The minimum atomic E-state index is 0.150. The van der Waals surface area contributed by atoms with Gasteiger partial charge in [0.05, 0.1) is 6.04 Å². The Morgan fingerprint density at radius 2 is 1.90 bits per heavy atom. The Kier molecular flexibility index (Phi) is 5.74. The summed E-state index contributed by atoms with van der Waals surface area (Å²) in [6, 6.07) is 18.7. The van der Waals surface area contributed by atoms with E-state index in [4.69, 9.17) is 4.52 Å². The van der Waals surface area contributed by atoms with E-state index in [0.717, 1.165) is 24.9 Å². The minimum Gasteiger partial charge on any atom is -0.339 e. The minimum absolute atomic E-state index is 0.150. The van der Waals surface area contributed by atoms with Crippen LogP contribution in [-0.2, 0) is 11.2 Å². The second-order valence-corrected chi connectivity index (χ2v) is 7.94. The van der Waals surface area contributed by atoms with Gasteiger partial charge in [-0.15, -0.1) is 0 Å². The molecule has 29 heavy (non-hydrogen) atoms. The van der Waals surface area contributed by atoms with Gasteiger partial charge in [-0.3, -0.25) is 4.79 Å². The third-order valence-electron chi connectivity index (χ3n) is 5.61. The normalized spacial score (nSPS) is 16.5. The number of benzene rings is 2. The molecule has 1 saturated heterocycles. The Hall–Kier alpha value is -2.95. The van der Waals surface area contributed by atoms with Crippen molar-refractivity contribution in [1.29, 1.82) is 0 Å². The summed E-state index contributed by atoms with van der Waals surface area (Å²) in [6.45, 7) is 5.15. The number of aryl methyl sites for hydroxylation is 1. The van der Waals surface area contributed by atoms with E-state index in [2.05, 4.69) is 48.3 Å². The molecule has 1 aliphatic rings. The fourth-order valence-electron chi connectivity index (χ4n) is 3.94. The van der Waals surface area contributed by atoms with Crippen LogP contribution in [0.3, 0.4) is 0 Å². The summed E-state index contributed by atoms with van der Waals surface area (Å²) in [7, 11) is 0. The Labute approximate surface area is 171 Å². The molecule has 4 rings (SSSR count). The number of likely N-dealkylation sites (tertiary alicyclic amines) is 1. The molecule has 0 aliphatic carbocycles. The van der Waals surface area contributed by atoms with Crippen molar-refractivity contribution in [3.63, 3.8) is 0 Å². The van der Waals surface area contributed by atoms with Crippen molar-refractivity contribution in [3.8, 4) is 11.4 Å². The molecule has 2 heterocycles. The first kappa shape index (κ1) is 19.4. The van der Waals surface area contributed by atoms with E-state index < -0.39 is 0 Å². The van der Waals surface area contributed by atoms with Gasteiger partial charge < -0.3 is 9.42 Å². The zero-order valence-electron chi connectivity index (χ0n) is 17.0. The van der Waals surface area contributed by atoms with Crippen molar-refractivity contribution in [3.05, 3.63) is 71.6 Å². The fourth-order valence-corrected chi connectivity index (χ4v) is 3.94. The number of aromatic nitrogens is 2. The van der Waals surface area contributed by atoms with Crippen LogP contribution in [0.4, 0.5) is 0 Å². The van der Waals surface area contributed by atoms with Crippen LogP contribution in [0.1, 0.15) is 62.1 Å². The topological polar surface area (TPSA) is 59.2 Å². The first-order chi connectivity index (χ1) is 14.1. The third-order valence-corrected chi connectivity index (χ3v) is 5.61. The molecule has 0 spiro atoms. The molecule has 2 aromatic carbocycles. The van der Waals surface area contributed by atoms with Gasteiger partial charge in [-0.2, -0.15) is 4.98 Å². The molecule has 3 aromatic rings. The van der Waals surface area contributed by atoms with E-state index in [1.165, 1.54) is 11.1 Å². The van der Waals surface area contributed by atoms with E-state index in [-0.39, 0.29) is 11.9 Å². The fraction of sp³-hybridized carbons (Fsp3) is 0.375. The largest absolute Gasteiger partial charge is 0.339 e. The Balaban J connectivity index is 1.37. The monoisotopic (exact) mass is 389 g/mol. The predicted molar refractivity (Wildman–Crippen MR) is 112 cm³/mol. The Bertz CT molecular complexity index is 948. The van der Waals surface area contributed by atoms with E-state index in [1.807, 2.05) is 35.2 Å². The number of carbonyl (C=O) groups is 1. The zero-order valence-corrected chi connectivity index (χ0v) is 17.0. The van der Waals surface area contributed by atoms with Gasteiger partial charge in [0.1, 0.15) is 0 Å². The SMILES string of the molecule is CC(C)c1ccc(-c2noc(CCC(=O)N3CCCC3c3ccccc3)n2)cc1. The average Bonchev–Trinajstić information content (AvgIpc) is 3.42. The first-order valence-corrected chi connectivity index (χ1v) is 10.4. The maximum atomic E-state index is 12.8. The van der Waals surface area contributed by atoms with E-state index in [1.54, 1.807) is 0 Å². The summed E-state index contributed by atoms with van der Waals surface area (Å²) >= 11 is 0. The second-order valence-electron chi connectivity index (χ2n) is 7.94. The highest BCUT2D eigenvalue weighted by Gasteiger charge is 2.29. The van der Waals surface area contributed by atoms with Gasteiger partial charge in [-0.1, -0.05) is 73.6 Å². The molecule has 1 fully saturated rings. The van der Waals surface area contributed by atoms with Crippen LogP contribution in [0.15, 0.2) is 59.1 Å². The van der Waals surface area contributed by atoms with Crippen molar-refractivity contribution in [1.82, 2.24) is 15.0 Å². The summed E-state index contributed by atoms with van der Waals surface area (Å²) in [5, 5.41) is 4.09. The number of hydrogen-bond donors (Lipinski definition) is 0. The number of nitrogens with zero attached hydrogens (tertiary/aromatic N) is 3. The summed E-state index contributed by atoms with van der Waals surface area (Å²) in [6.07, 6.45) is 2.92. The molecular formula is C24H27N3O2. The Morgan fingerprint density at radius 1 is 1.14 bits per heavy atom. The van der Waals surface area contributed by atoms with Gasteiger partial charge in [-0.25, -0.2) is 0 Å². The molecule has 0 saturated carbocycles. The summed E-state index contributed by atoms with van der Waals surface area (Å²) in [5.74, 6) is 1.72. The molecule has 1 aromatic heterocycles. The summed E-state index contributed by atoms with van der Waals surface area (Å²) in [5.41, 5.74) is 3.42. The molecule has 1 atom stereocenters. The van der Waals surface area contributed by atoms with Crippen LogP contribution >= 0.6 is 0 Å². The number of carbonyl (C=O) groups excluding carboxylic acids is 1. The lowest BCUT2D eigenvalue weighted by atomic mass is 10.0. The highest BCUT2D eigenvalue weighted by atomic mass is 16.5. The van der Waals surface area contributed by atoms with E-state index in [0.29, 0.717) is 30.5 Å². The standard InChI is InChI=1S/C24H27N3O2/c1-17(2)18-10-12-20(13-11-18)24-25-22(29-26-24)14-15-23(28)27-16-6-9-21(27)19-7-4-3-5-8-19/h3-5,7-8,10-13,17,21H,6,9,14-16H2,1-2H3. The van der Waals surface area contributed by atoms with Crippen molar-refractivity contribution in [2.24, 2.45) is 0 Å². The highest BCUT2D eigenvalue weighted by Crippen LogP contribution is 2.32. The van der Waals surface area contributed by atoms with Crippen molar-refractivity contribution in [2.45, 2.75) is 51.5 Å². The van der Waals surface area contributed by atoms with Gasteiger partial charge in [0.2, 0.25) is 17.6 Å². The lowest BCUT2D eigenvalue weighted by molar-refractivity contribution is -0.132. The van der Waals surface area contributed by atoms with Crippen molar-refractivity contribution >= 4 is 5.91 Å². The lowest BCUT2D eigenvalue weighted by Gasteiger charge is -2.25. The maximum Gasteiger partial charge on any atom is 0.227 e. The van der Waals surface area contributed by atoms with Crippen LogP contribution < -0.4 is 0 Å². The third kappa shape index (κ3) is 4.39. The average molecular weight is 389 g/mol. The van der Waals surface area contributed by atoms with Crippen LogP contribution in [0.25, 0.3) is 11.4 Å². The number of rotatable bonds is 6. The van der Waals surface area contributed by atoms with Gasteiger partial charge in [0, 0.05) is 24.9 Å². The predicted octanol–water partition coefficient (Wildman–Crippen LogP) is 5.16. The highest BCUT2D eigenvalue weighted by molar-refractivity contribution is 5.77.